The Labute approximate surface area is 826 Å². The van der Waals surface area contributed by atoms with Gasteiger partial charge in [0.25, 0.3) is 0 Å². The minimum atomic E-state index is -5.08. The Kier molecular flexibility index (Phi) is 21.7. The SMILES string of the molecule is O=C(O)C(F)(F)F.[F][Co]([F])[F].c1ccc(-c2cc3c(-c4ccccc4)c4c(c(-c5ccccc5)c3cc2-c2ccccc2)-c2ccc3c5ccc6c7c(ccc(c8ccc-4c2c83)c75)-c2c-6c(-c3ccccc3)c3cc(-c4ccccc4)c(-c4ccccc4)cc3c2-c2ccccc2)cc1.c1ccc(-c2cc3c(-c4ccccc4)c4c(c(-c5ccccc5)c3cc2-c2ccccc2)-c2cccc3cccc-4c23)cc1. The van der Waals surface area contributed by atoms with Gasteiger partial charge < -0.3 is 5.11 Å². The van der Waals surface area contributed by atoms with Gasteiger partial charge in [0.05, 0.1) is 0 Å². The number of carboxylic acid groups (broad SMARTS) is 1. The van der Waals surface area contributed by atoms with E-state index in [0.717, 1.165) is 0 Å². The van der Waals surface area contributed by atoms with E-state index in [9.17, 15) is 23.9 Å². The van der Waals surface area contributed by atoms with Crippen molar-refractivity contribution in [3.63, 3.8) is 0 Å². The quantitative estimate of drug-likeness (QED) is 0.0752. The summed E-state index contributed by atoms with van der Waals surface area (Å²) in [6, 6.07) is 181. The number of hydrogen-bond acceptors (Lipinski definition) is 1. The summed E-state index contributed by atoms with van der Waals surface area (Å²) in [7, 11) is 0. The van der Waals surface area contributed by atoms with Crippen molar-refractivity contribution in [3.8, 4) is 200 Å². The first-order valence-corrected chi connectivity index (χ1v) is 48.8. The minimum Gasteiger partial charge on any atom is -0.0622 e. The third-order valence-corrected chi connectivity index (χ3v) is 28.9. The van der Waals surface area contributed by atoms with E-state index in [1.807, 2.05) is 0 Å². The molecule has 0 heterocycles. The molecule has 0 bridgehead atoms. The summed E-state index contributed by atoms with van der Waals surface area (Å²) in [6.45, 7) is 0. The van der Waals surface area contributed by atoms with Gasteiger partial charge in [0, 0.05) is 0 Å². The summed E-state index contributed by atoms with van der Waals surface area (Å²) in [6.07, 6.45) is -5.08. The van der Waals surface area contributed by atoms with Gasteiger partial charge in [0.2, 0.25) is 0 Å². The van der Waals surface area contributed by atoms with E-state index in [2.05, 4.69) is 485 Å². The summed E-state index contributed by atoms with van der Waals surface area (Å²) in [5.41, 5.74) is 45.3. The van der Waals surface area contributed by atoms with E-state index in [4.69, 9.17) is 9.90 Å². The van der Waals surface area contributed by atoms with Gasteiger partial charge in [-0.05, 0) is 323 Å². The molecule has 3 aliphatic carbocycles. The zero-order valence-electron chi connectivity index (χ0n) is 76.6. The van der Waals surface area contributed by atoms with Crippen LogP contribution in [0.5, 0.6) is 0 Å². The second-order valence-electron chi connectivity index (χ2n) is 36.5. The maximum atomic E-state index is 10.6. The molecule has 3 aliphatic rings. The molecule has 143 heavy (non-hydrogen) atoms. The number of rotatable bonds is 12. The number of benzene rings is 25. The van der Waals surface area contributed by atoms with Gasteiger partial charge in [-0.25, -0.2) is 4.79 Å². The molecule has 0 fully saturated rings. The average Bonchev–Trinajstić information content (AvgIpc) is 1.51. The number of aliphatic carboxylic acids is 1. The van der Waals surface area contributed by atoms with Crippen LogP contribution in [-0.2, 0) is 19.8 Å². The minimum absolute atomic E-state index is 1.20. The second kappa shape index (κ2) is 35.7. The maximum Gasteiger partial charge on any atom is -0.000740 e. The fourth-order valence-corrected chi connectivity index (χ4v) is 23.3. The first kappa shape index (κ1) is 86.9. The molecule has 0 amide bonds. The van der Waals surface area contributed by atoms with Crippen LogP contribution in [-0.4, -0.2) is 17.3 Å². The fourth-order valence-electron chi connectivity index (χ4n) is 23.3. The van der Waals surface area contributed by atoms with Crippen LogP contribution in [0, 0.1) is 0 Å². The van der Waals surface area contributed by atoms with Crippen LogP contribution in [0.2, 0.25) is 0 Å². The van der Waals surface area contributed by atoms with Crippen molar-refractivity contribution in [3.05, 3.63) is 485 Å². The van der Waals surface area contributed by atoms with Crippen molar-refractivity contribution in [2.75, 3.05) is 0 Å². The van der Waals surface area contributed by atoms with Crippen molar-refractivity contribution < 1.29 is 48.8 Å². The molecule has 9 heteroatoms. The van der Waals surface area contributed by atoms with E-state index in [1.54, 1.807) is 0 Å². The molecule has 0 spiro atoms. The van der Waals surface area contributed by atoms with Crippen LogP contribution < -0.4 is 0 Å². The first-order valence-electron chi connectivity index (χ1n) is 47.6. The zero-order chi connectivity index (χ0) is 96.2. The third kappa shape index (κ3) is 14.7. The molecule has 0 saturated heterocycles. The van der Waals surface area contributed by atoms with E-state index < -0.39 is 27.1 Å². The number of halogens is 6. The number of fused-ring (bicyclic) bond motifs is 14. The predicted octanol–water partition coefficient (Wildman–Crippen LogP) is 38.9. The van der Waals surface area contributed by atoms with Gasteiger partial charge in [-0.2, -0.15) is 13.2 Å². The van der Waals surface area contributed by atoms with Crippen LogP contribution >= 0.6 is 0 Å². The molecule has 0 saturated carbocycles. The summed E-state index contributed by atoms with van der Waals surface area (Å²) in [5, 5.41) is 27.8. The van der Waals surface area contributed by atoms with Crippen molar-refractivity contribution in [1.29, 1.82) is 0 Å². The Morgan fingerprint density at radius 2 is 0.322 bits per heavy atom. The van der Waals surface area contributed by atoms with Crippen molar-refractivity contribution in [2.24, 2.45) is 0 Å². The summed E-state index contributed by atoms with van der Waals surface area (Å²) >= 11 is -4.10. The number of alkyl halides is 3. The standard InChI is InChI=1S/C88H52.C44H28.C2HF3O2.Co.3FH/c1-9-25-53(26-10-1)69-49-73-74(50-70(69)54-27-11-2-12-28-54)78(58-35-19-6-20-36-58)86-66-46-42-62-64-44-48-68-84-67(47-43-63(82(64)84)61-41-45-65(83(66)81(61)62)85(86)77(73)57-33-17-5-18-34-57)87-79(59-37-21-7-22-38-59)75-51-71(55-29-13-3-14-30-55)72(56-31-15-4-16-32-56)52-76(75)80(88(68)87)60-39-23-8-24-40-60;1-5-15-29(16-6-1)36-27-38-39(28-37(36)30-17-7-2-8-18-30)42(33-21-11-4-12-22-33)44-35-26-14-24-31-23-13-25-34(40(31)35)43(44)41(38)32-19-9-3-10-20-32;3-2(4,5)1(6)7;;;;/h1-52H;1-28H;(H,6,7);;3*1H/q;;;+3;;;/p-3. The van der Waals surface area contributed by atoms with Crippen LogP contribution in [0.4, 0.5) is 23.9 Å². The van der Waals surface area contributed by atoms with Gasteiger partial charge in [-0.15, -0.1) is 0 Å². The predicted molar refractivity (Wildman–Crippen MR) is 580 cm³/mol. The van der Waals surface area contributed by atoms with Crippen molar-refractivity contribution in [1.82, 2.24) is 0 Å². The van der Waals surface area contributed by atoms with Crippen LogP contribution in [0.3, 0.4) is 0 Å². The van der Waals surface area contributed by atoms with Crippen LogP contribution in [0.25, 0.3) is 286 Å². The molecule has 0 atom stereocenters. The average molecular weight is 1900 g/mol. The molecule has 0 radical (unpaired) electrons. The fraction of sp³-hybridized carbons (Fsp3) is 0.00746. The molecule has 2 nitrogen and oxygen atoms in total. The van der Waals surface area contributed by atoms with Crippen molar-refractivity contribution in [2.45, 2.75) is 6.18 Å². The summed E-state index contributed by atoms with van der Waals surface area (Å²) in [5.74, 6) is -2.76. The molecular weight excluding hydrogens is 1810 g/mol. The molecule has 25 aromatic carbocycles. The molecular formula is C134H81CoF6O2. The Bertz CT molecular complexity index is 8480. The Hall–Kier alpha value is -17.6. The summed E-state index contributed by atoms with van der Waals surface area (Å²) in [4.78, 5) is 8.90. The molecule has 0 unspecified atom stereocenters. The first-order chi connectivity index (χ1) is 70.3. The Balaban J connectivity index is 0.000000162. The van der Waals surface area contributed by atoms with E-state index in [1.165, 1.54) is 286 Å². The maximum absolute atomic E-state index is 10.6. The smallest absolute Gasteiger partial charge is 0.000740 e. The molecule has 0 aliphatic heterocycles. The van der Waals surface area contributed by atoms with E-state index in [0.29, 0.717) is 0 Å². The van der Waals surface area contributed by atoms with E-state index in [-0.39, 0.29) is 0 Å². The second-order valence-corrected chi connectivity index (χ2v) is 37.0. The molecule has 25 aromatic rings. The van der Waals surface area contributed by atoms with Gasteiger partial charge in [0.15, 0.2) is 0 Å². The number of carboxylic acids is 1. The van der Waals surface area contributed by atoms with Gasteiger partial charge >= 0.3 is 37.9 Å². The zero-order valence-corrected chi connectivity index (χ0v) is 77.7. The van der Waals surface area contributed by atoms with Crippen molar-refractivity contribution >= 4 is 92.1 Å². The van der Waals surface area contributed by atoms with Gasteiger partial charge in [-0.1, -0.05) is 449 Å². The number of hydrogen-bond donors (Lipinski definition) is 1. The molecule has 28 rings (SSSR count). The largest absolute Gasteiger partial charge is 0.0622 e. The van der Waals surface area contributed by atoms with Gasteiger partial charge in [-0.3, -0.25) is 0 Å². The normalized spacial score (nSPS) is 11.9. The van der Waals surface area contributed by atoms with E-state index >= 15 is 0 Å². The summed E-state index contributed by atoms with van der Waals surface area (Å²) < 4.78 is 60.9. The Morgan fingerprint density at radius 3 is 0.483 bits per heavy atom. The molecule has 0 aromatic heterocycles. The van der Waals surface area contributed by atoms with Crippen LogP contribution in [0.1, 0.15) is 0 Å². The monoisotopic (exact) mass is 1890 g/mol. The Morgan fingerprint density at radius 1 is 0.168 bits per heavy atom. The third-order valence-electron chi connectivity index (χ3n) is 28.9. The number of carbonyl (C=O) groups is 1. The molecule has 680 valence electrons. The topological polar surface area (TPSA) is 37.3 Å². The van der Waals surface area contributed by atoms with Crippen LogP contribution in [0.15, 0.2) is 485 Å². The van der Waals surface area contributed by atoms with Gasteiger partial charge in [0.1, 0.15) is 0 Å². The molecule has 1 N–H and O–H groups in total.